The van der Waals surface area contributed by atoms with E-state index in [1.807, 2.05) is 4.72 Å². The second-order valence-corrected chi connectivity index (χ2v) is 4.85. The Morgan fingerprint density at radius 3 is 2.53 bits per heavy atom. The molecule has 5 nitrogen and oxygen atoms in total. The first-order chi connectivity index (χ1) is 7.83. The summed E-state index contributed by atoms with van der Waals surface area (Å²) >= 11 is 0. The van der Waals surface area contributed by atoms with Crippen molar-refractivity contribution < 1.29 is 27.1 Å². The van der Waals surface area contributed by atoms with E-state index in [9.17, 15) is 22.0 Å². The lowest BCUT2D eigenvalue weighted by Crippen LogP contribution is -2.27. The van der Waals surface area contributed by atoms with E-state index in [1.165, 1.54) is 0 Å². The summed E-state index contributed by atoms with van der Waals surface area (Å²) in [5.41, 5.74) is 0. The second kappa shape index (κ2) is 5.19. The molecule has 0 aliphatic heterocycles. The molecule has 0 saturated carbocycles. The third-order valence-electron chi connectivity index (χ3n) is 1.81. The molecular formula is C9H9F2NO4S. The van der Waals surface area contributed by atoms with Crippen LogP contribution in [0, 0.1) is 11.6 Å². The van der Waals surface area contributed by atoms with E-state index in [2.05, 4.69) is 0 Å². The van der Waals surface area contributed by atoms with Crippen molar-refractivity contribution in [2.45, 2.75) is 11.3 Å². The lowest BCUT2D eigenvalue weighted by Gasteiger charge is -2.06. The van der Waals surface area contributed by atoms with Gasteiger partial charge in [-0.25, -0.2) is 21.9 Å². The molecule has 1 aromatic rings. The lowest BCUT2D eigenvalue weighted by molar-refractivity contribution is -0.136. The molecule has 0 unspecified atom stereocenters. The fraction of sp³-hybridized carbons (Fsp3) is 0.222. The number of benzene rings is 1. The summed E-state index contributed by atoms with van der Waals surface area (Å²) in [7, 11) is -4.16. The Balaban J connectivity index is 2.86. The van der Waals surface area contributed by atoms with E-state index in [0.29, 0.717) is 6.07 Å². The third-order valence-corrected chi connectivity index (χ3v) is 3.31. The Kier molecular flexibility index (Phi) is 4.13. The average molecular weight is 265 g/mol. The minimum Gasteiger partial charge on any atom is -0.481 e. The molecule has 0 bridgehead atoms. The van der Waals surface area contributed by atoms with Crippen molar-refractivity contribution in [1.29, 1.82) is 0 Å². The highest BCUT2D eigenvalue weighted by atomic mass is 32.2. The number of halogens is 2. The normalized spacial score (nSPS) is 11.4. The minimum atomic E-state index is -4.16. The number of nitrogens with one attached hydrogen (secondary N) is 1. The Morgan fingerprint density at radius 2 is 2.00 bits per heavy atom. The Morgan fingerprint density at radius 1 is 1.35 bits per heavy atom. The van der Waals surface area contributed by atoms with Crippen LogP contribution in [0.4, 0.5) is 8.78 Å². The van der Waals surface area contributed by atoms with Gasteiger partial charge in [-0.15, -0.1) is 0 Å². The quantitative estimate of drug-likeness (QED) is 0.821. The number of hydrogen-bond donors (Lipinski definition) is 2. The smallest absolute Gasteiger partial charge is 0.304 e. The highest BCUT2D eigenvalue weighted by Crippen LogP contribution is 2.14. The molecule has 17 heavy (non-hydrogen) atoms. The zero-order chi connectivity index (χ0) is 13.1. The van der Waals surface area contributed by atoms with Crippen molar-refractivity contribution in [3.63, 3.8) is 0 Å². The molecule has 0 heterocycles. The highest BCUT2D eigenvalue weighted by Gasteiger charge is 2.19. The van der Waals surface area contributed by atoms with E-state index < -0.39 is 38.9 Å². The first-order valence-electron chi connectivity index (χ1n) is 4.49. The molecule has 0 fully saturated rings. The molecule has 0 spiro atoms. The third kappa shape index (κ3) is 3.75. The van der Waals surface area contributed by atoms with Gasteiger partial charge in [0.15, 0.2) is 0 Å². The number of carboxylic acids is 1. The molecule has 0 saturated heterocycles. The Bertz CT molecular complexity index is 530. The van der Waals surface area contributed by atoms with Crippen LogP contribution in [0.3, 0.4) is 0 Å². The standard InChI is InChI=1S/C9H9F2NO4S/c10-6-1-2-8(7(11)5-6)17(15,16)12-4-3-9(13)14/h1-2,5,12H,3-4H2,(H,13,14). The first kappa shape index (κ1) is 13.5. The fourth-order valence-corrected chi connectivity index (χ4v) is 2.15. The maximum atomic E-state index is 13.2. The second-order valence-electron chi connectivity index (χ2n) is 3.12. The molecule has 0 aliphatic rings. The van der Waals surface area contributed by atoms with Crippen LogP contribution < -0.4 is 4.72 Å². The van der Waals surface area contributed by atoms with E-state index >= 15 is 0 Å². The average Bonchev–Trinajstić information content (AvgIpc) is 2.15. The minimum absolute atomic E-state index is 0.367. The lowest BCUT2D eigenvalue weighted by atomic mass is 10.3. The largest absolute Gasteiger partial charge is 0.481 e. The van der Waals surface area contributed by atoms with Crippen LogP contribution in [0.25, 0.3) is 0 Å². The summed E-state index contributed by atoms with van der Waals surface area (Å²) < 4.78 is 50.6. The molecule has 94 valence electrons. The summed E-state index contributed by atoms with van der Waals surface area (Å²) in [6.45, 7) is -0.367. The SMILES string of the molecule is O=C(O)CCNS(=O)(=O)c1ccc(F)cc1F. The molecular weight excluding hydrogens is 256 g/mol. The number of sulfonamides is 1. The first-order valence-corrected chi connectivity index (χ1v) is 5.98. The topological polar surface area (TPSA) is 83.5 Å². The number of rotatable bonds is 5. The molecule has 0 aliphatic carbocycles. The van der Waals surface area contributed by atoms with Crippen molar-refractivity contribution in [3.05, 3.63) is 29.8 Å². The van der Waals surface area contributed by atoms with Crippen LogP contribution in [0.1, 0.15) is 6.42 Å². The van der Waals surface area contributed by atoms with Gasteiger partial charge in [0.25, 0.3) is 0 Å². The van der Waals surface area contributed by atoms with Gasteiger partial charge in [-0.3, -0.25) is 4.79 Å². The predicted octanol–water partition coefficient (Wildman–Crippen LogP) is 0.718. The maximum absolute atomic E-state index is 13.2. The zero-order valence-electron chi connectivity index (χ0n) is 8.48. The van der Waals surface area contributed by atoms with Crippen LogP contribution in [0.5, 0.6) is 0 Å². The van der Waals surface area contributed by atoms with Gasteiger partial charge < -0.3 is 5.11 Å². The van der Waals surface area contributed by atoms with Gasteiger partial charge in [0.05, 0.1) is 6.42 Å². The monoisotopic (exact) mass is 265 g/mol. The molecule has 1 aromatic carbocycles. The zero-order valence-corrected chi connectivity index (χ0v) is 9.30. The number of hydrogen-bond acceptors (Lipinski definition) is 3. The van der Waals surface area contributed by atoms with Crippen molar-refractivity contribution >= 4 is 16.0 Å². The summed E-state index contributed by atoms with van der Waals surface area (Å²) in [4.78, 5) is 9.46. The summed E-state index contributed by atoms with van der Waals surface area (Å²) in [5.74, 6) is -3.31. The Hall–Kier alpha value is -1.54. The van der Waals surface area contributed by atoms with E-state index in [1.54, 1.807) is 0 Å². The summed E-state index contributed by atoms with van der Waals surface area (Å²) in [5, 5.41) is 8.31. The van der Waals surface area contributed by atoms with Crippen molar-refractivity contribution in [3.8, 4) is 0 Å². The fourth-order valence-electron chi connectivity index (χ4n) is 1.06. The predicted molar refractivity (Wildman–Crippen MR) is 53.8 cm³/mol. The van der Waals surface area contributed by atoms with E-state index in [0.717, 1.165) is 12.1 Å². The van der Waals surface area contributed by atoms with Gasteiger partial charge in [-0.05, 0) is 12.1 Å². The van der Waals surface area contributed by atoms with Gasteiger partial charge in [0.1, 0.15) is 16.5 Å². The van der Waals surface area contributed by atoms with E-state index in [-0.39, 0.29) is 6.54 Å². The van der Waals surface area contributed by atoms with Crippen LogP contribution in [0.15, 0.2) is 23.1 Å². The maximum Gasteiger partial charge on any atom is 0.304 e. The van der Waals surface area contributed by atoms with Crippen molar-refractivity contribution in [2.24, 2.45) is 0 Å². The van der Waals surface area contributed by atoms with Crippen molar-refractivity contribution in [2.75, 3.05) is 6.54 Å². The number of carbonyl (C=O) groups is 1. The molecule has 8 heteroatoms. The van der Waals surface area contributed by atoms with Crippen LogP contribution in [-0.4, -0.2) is 26.0 Å². The van der Waals surface area contributed by atoms with Crippen LogP contribution in [-0.2, 0) is 14.8 Å². The molecule has 2 N–H and O–H groups in total. The van der Waals surface area contributed by atoms with E-state index in [4.69, 9.17) is 5.11 Å². The molecule has 0 aromatic heterocycles. The summed E-state index contributed by atoms with van der Waals surface area (Å²) in [6.07, 6.45) is -0.429. The van der Waals surface area contributed by atoms with Gasteiger partial charge >= 0.3 is 5.97 Å². The Labute approximate surface area is 96.1 Å². The molecule has 0 atom stereocenters. The van der Waals surface area contributed by atoms with Gasteiger partial charge in [0.2, 0.25) is 10.0 Å². The number of carboxylic acid groups (broad SMARTS) is 1. The molecule has 1 rings (SSSR count). The molecule has 0 amide bonds. The van der Waals surface area contributed by atoms with Gasteiger partial charge in [-0.1, -0.05) is 0 Å². The summed E-state index contributed by atoms with van der Waals surface area (Å²) in [6, 6.07) is 2.01. The number of aliphatic carboxylic acids is 1. The highest BCUT2D eigenvalue weighted by molar-refractivity contribution is 7.89. The van der Waals surface area contributed by atoms with Gasteiger partial charge in [-0.2, -0.15) is 0 Å². The van der Waals surface area contributed by atoms with Crippen LogP contribution >= 0.6 is 0 Å². The van der Waals surface area contributed by atoms with Gasteiger partial charge in [0, 0.05) is 12.6 Å². The van der Waals surface area contributed by atoms with Crippen LogP contribution in [0.2, 0.25) is 0 Å². The van der Waals surface area contributed by atoms with Crippen molar-refractivity contribution in [1.82, 2.24) is 4.72 Å². The molecule has 0 radical (unpaired) electrons.